The van der Waals surface area contributed by atoms with Crippen molar-refractivity contribution in [1.29, 1.82) is 0 Å². The smallest absolute Gasteiger partial charge is 0.319 e. The van der Waals surface area contributed by atoms with Gasteiger partial charge in [0.2, 0.25) is 0 Å². The molecule has 0 heterocycles. The molecular weight excluding hydrogens is 352 g/mol. The Kier molecular flexibility index (Phi) is 8.18. The SMILES string of the molecule is COc1ccc(NC(=O)N[C@@H](C)c2ccccc2)c(C)c1OCCCC(C)C. The van der Waals surface area contributed by atoms with E-state index in [0.717, 1.165) is 24.0 Å². The Hall–Kier alpha value is -2.69. The normalized spacial score (nSPS) is 11.8. The Morgan fingerprint density at radius 3 is 2.43 bits per heavy atom. The fourth-order valence-corrected chi connectivity index (χ4v) is 2.99. The van der Waals surface area contributed by atoms with Gasteiger partial charge in [0.15, 0.2) is 11.5 Å². The van der Waals surface area contributed by atoms with Crippen LogP contribution in [-0.4, -0.2) is 19.7 Å². The molecule has 1 atom stereocenters. The number of benzene rings is 2. The maximum Gasteiger partial charge on any atom is 0.319 e. The first-order valence-corrected chi connectivity index (χ1v) is 9.85. The highest BCUT2D eigenvalue weighted by atomic mass is 16.5. The van der Waals surface area contributed by atoms with Crippen molar-refractivity contribution in [3.63, 3.8) is 0 Å². The van der Waals surface area contributed by atoms with Crippen molar-refractivity contribution in [2.24, 2.45) is 5.92 Å². The first-order chi connectivity index (χ1) is 13.4. The van der Waals surface area contributed by atoms with E-state index in [-0.39, 0.29) is 12.1 Å². The maximum atomic E-state index is 12.5. The molecule has 152 valence electrons. The molecule has 0 aliphatic carbocycles. The third-order valence-corrected chi connectivity index (χ3v) is 4.66. The van der Waals surface area contributed by atoms with Crippen LogP contribution in [0.1, 0.15) is 50.8 Å². The molecule has 2 rings (SSSR count). The number of methoxy groups -OCH3 is 1. The second-order valence-electron chi connectivity index (χ2n) is 7.38. The maximum absolute atomic E-state index is 12.5. The average molecular weight is 385 g/mol. The van der Waals surface area contributed by atoms with E-state index in [1.54, 1.807) is 7.11 Å². The third-order valence-electron chi connectivity index (χ3n) is 4.66. The van der Waals surface area contributed by atoms with E-state index in [2.05, 4.69) is 24.5 Å². The molecule has 28 heavy (non-hydrogen) atoms. The summed E-state index contributed by atoms with van der Waals surface area (Å²) in [5, 5.41) is 5.89. The van der Waals surface area contributed by atoms with Crippen molar-refractivity contribution in [1.82, 2.24) is 5.32 Å². The molecule has 0 aliphatic heterocycles. The van der Waals surface area contributed by atoms with Gasteiger partial charge in [-0.25, -0.2) is 4.79 Å². The second-order valence-corrected chi connectivity index (χ2v) is 7.38. The van der Waals surface area contributed by atoms with Crippen molar-refractivity contribution in [2.75, 3.05) is 19.0 Å². The van der Waals surface area contributed by atoms with Crippen LogP contribution in [0.15, 0.2) is 42.5 Å². The van der Waals surface area contributed by atoms with Crippen molar-refractivity contribution >= 4 is 11.7 Å². The Morgan fingerprint density at radius 2 is 1.79 bits per heavy atom. The minimum atomic E-state index is -0.254. The molecule has 5 heteroatoms. The summed E-state index contributed by atoms with van der Waals surface area (Å²) in [5.74, 6) is 2.00. The number of hydrogen-bond acceptors (Lipinski definition) is 3. The van der Waals surface area contributed by atoms with Gasteiger partial charge in [0, 0.05) is 11.3 Å². The van der Waals surface area contributed by atoms with Crippen LogP contribution in [0.4, 0.5) is 10.5 Å². The van der Waals surface area contributed by atoms with E-state index in [9.17, 15) is 4.79 Å². The molecule has 0 saturated carbocycles. The molecule has 2 aromatic rings. The molecule has 0 aliphatic rings. The predicted octanol–water partition coefficient (Wildman–Crippen LogP) is 5.70. The monoisotopic (exact) mass is 384 g/mol. The van der Waals surface area contributed by atoms with Gasteiger partial charge >= 0.3 is 6.03 Å². The summed E-state index contributed by atoms with van der Waals surface area (Å²) in [6.07, 6.45) is 2.09. The minimum Gasteiger partial charge on any atom is -0.493 e. The van der Waals surface area contributed by atoms with Crippen LogP contribution in [0.25, 0.3) is 0 Å². The van der Waals surface area contributed by atoms with E-state index in [0.29, 0.717) is 29.7 Å². The minimum absolute atomic E-state index is 0.0912. The summed E-state index contributed by atoms with van der Waals surface area (Å²) in [5.41, 5.74) is 2.61. The Labute approximate surface area is 168 Å². The molecule has 0 radical (unpaired) electrons. The number of rotatable bonds is 9. The summed E-state index contributed by atoms with van der Waals surface area (Å²) >= 11 is 0. The lowest BCUT2D eigenvalue weighted by Gasteiger charge is -2.19. The van der Waals surface area contributed by atoms with Crippen LogP contribution in [0.5, 0.6) is 11.5 Å². The predicted molar refractivity (Wildman–Crippen MR) is 114 cm³/mol. The Morgan fingerprint density at radius 1 is 1.07 bits per heavy atom. The van der Waals surface area contributed by atoms with Gasteiger partial charge in [-0.1, -0.05) is 44.2 Å². The molecule has 0 spiro atoms. The molecule has 0 unspecified atom stereocenters. The van der Waals surface area contributed by atoms with E-state index >= 15 is 0 Å². The molecule has 0 bridgehead atoms. The molecule has 0 saturated heterocycles. The first-order valence-electron chi connectivity index (χ1n) is 9.85. The largest absolute Gasteiger partial charge is 0.493 e. The van der Waals surface area contributed by atoms with Gasteiger partial charge in [-0.3, -0.25) is 0 Å². The van der Waals surface area contributed by atoms with E-state index in [1.165, 1.54) is 0 Å². The summed E-state index contributed by atoms with van der Waals surface area (Å²) in [4.78, 5) is 12.5. The number of ether oxygens (including phenoxy) is 2. The number of amides is 2. The van der Waals surface area contributed by atoms with Gasteiger partial charge < -0.3 is 20.1 Å². The lowest BCUT2D eigenvalue weighted by molar-refractivity contribution is 0.249. The zero-order valence-corrected chi connectivity index (χ0v) is 17.5. The summed E-state index contributed by atoms with van der Waals surface area (Å²) in [7, 11) is 1.62. The van der Waals surface area contributed by atoms with Crippen molar-refractivity contribution in [3.05, 3.63) is 53.6 Å². The summed E-state index contributed by atoms with van der Waals surface area (Å²) in [6.45, 7) is 8.91. The zero-order valence-electron chi connectivity index (χ0n) is 17.5. The van der Waals surface area contributed by atoms with Crippen LogP contribution in [-0.2, 0) is 0 Å². The molecule has 2 amide bonds. The average Bonchev–Trinajstić information content (AvgIpc) is 2.68. The standard InChI is InChI=1S/C23H32N2O3/c1-16(2)10-9-15-28-22-17(3)20(13-14-21(22)27-5)25-23(26)24-18(4)19-11-7-6-8-12-19/h6-8,11-14,16,18H,9-10,15H2,1-5H3,(H2,24,25,26)/t18-/m0/s1. The molecule has 0 aromatic heterocycles. The van der Waals surface area contributed by atoms with Crippen molar-refractivity contribution in [3.8, 4) is 11.5 Å². The molecule has 0 fully saturated rings. The van der Waals surface area contributed by atoms with Crippen LogP contribution in [0, 0.1) is 12.8 Å². The van der Waals surface area contributed by atoms with E-state index < -0.39 is 0 Å². The lowest BCUT2D eigenvalue weighted by atomic mass is 10.1. The van der Waals surface area contributed by atoms with Crippen LogP contribution >= 0.6 is 0 Å². The fourth-order valence-electron chi connectivity index (χ4n) is 2.99. The zero-order chi connectivity index (χ0) is 20.5. The summed E-state index contributed by atoms with van der Waals surface area (Å²) < 4.78 is 11.4. The number of carbonyl (C=O) groups excluding carboxylic acids is 1. The van der Waals surface area contributed by atoms with E-state index in [1.807, 2.05) is 56.3 Å². The van der Waals surface area contributed by atoms with E-state index in [4.69, 9.17) is 9.47 Å². The summed E-state index contributed by atoms with van der Waals surface area (Å²) in [6, 6.07) is 13.2. The highest BCUT2D eigenvalue weighted by Crippen LogP contribution is 2.36. The molecule has 5 nitrogen and oxygen atoms in total. The van der Waals surface area contributed by atoms with Gasteiger partial charge in [0.05, 0.1) is 19.8 Å². The van der Waals surface area contributed by atoms with Crippen LogP contribution < -0.4 is 20.1 Å². The Balaban J connectivity index is 2.04. The number of urea groups is 1. The van der Waals surface area contributed by atoms with Gasteiger partial charge in [0.25, 0.3) is 0 Å². The number of hydrogen-bond donors (Lipinski definition) is 2. The van der Waals surface area contributed by atoms with Gasteiger partial charge in [-0.15, -0.1) is 0 Å². The van der Waals surface area contributed by atoms with Crippen molar-refractivity contribution in [2.45, 2.75) is 46.6 Å². The first kappa shape index (κ1) is 21.6. The molecular formula is C23H32N2O3. The third kappa shape index (κ3) is 6.19. The number of nitrogens with one attached hydrogen (secondary N) is 2. The fraction of sp³-hybridized carbons (Fsp3) is 0.435. The van der Waals surface area contributed by atoms with Crippen LogP contribution in [0.3, 0.4) is 0 Å². The highest BCUT2D eigenvalue weighted by molar-refractivity contribution is 5.91. The van der Waals surface area contributed by atoms with Gasteiger partial charge in [0.1, 0.15) is 0 Å². The number of carbonyl (C=O) groups is 1. The Bertz CT molecular complexity index is 760. The number of anilines is 1. The van der Waals surface area contributed by atoms with Gasteiger partial charge in [-0.05, 0) is 50.3 Å². The highest BCUT2D eigenvalue weighted by Gasteiger charge is 2.15. The second kappa shape index (κ2) is 10.6. The molecule has 2 aromatic carbocycles. The van der Waals surface area contributed by atoms with Crippen LogP contribution in [0.2, 0.25) is 0 Å². The van der Waals surface area contributed by atoms with Gasteiger partial charge in [-0.2, -0.15) is 0 Å². The quantitative estimate of drug-likeness (QED) is 0.545. The van der Waals surface area contributed by atoms with Crippen molar-refractivity contribution < 1.29 is 14.3 Å². The molecule has 2 N–H and O–H groups in total. The topological polar surface area (TPSA) is 59.6 Å². The lowest BCUT2D eigenvalue weighted by Crippen LogP contribution is -2.31.